The van der Waals surface area contributed by atoms with Crippen molar-refractivity contribution in [2.45, 2.75) is 25.9 Å². The van der Waals surface area contributed by atoms with E-state index in [1.807, 2.05) is 6.07 Å². The van der Waals surface area contributed by atoms with Gasteiger partial charge in [0.2, 0.25) is 0 Å². The third kappa shape index (κ3) is 2.13. The highest BCUT2D eigenvalue weighted by molar-refractivity contribution is 4.96. The molecule has 1 N–H and O–H groups in total. The first kappa shape index (κ1) is 9.68. The van der Waals surface area contributed by atoms with Crippen LogP contribution in [-0.4, -0.2) is 35.7 Å². The highest BCUT2D eigenvalue weighted by atomic mass is 16.5. The molecular weight excluding hydrogens is 178 g/mol. The van der Waals surface area contributed by atoms with Gasteiger partial charge in [-0.2, -0.15) is 0 Å². The lowest BCUT2D eigenvalue weighted by molar-refractivity contribution is 0.145. The summed E-state index contributed by atoms with van der Waals surface area (Å²) in [4.78, 5) is 2.47. The van der Waals surface area contributed by atoms with Crippen molar-refractivity contribution in [1.82, 2.24) is 15.4 Å². The van der Waals surface area contributed by atoms with Gasteiger partial charge in [-0.15, -0.1) is 0 Å². The first-order valence-electron chi connectivity index (χ1n) is 5.24. The monoisotopic (exact) mass is 195 g/mol. The minimum Gasteiger partial charge on any atom is -0.364 e. The lowest BCUT2D eigenvalue weighted by Gasteiger charge is -2.34. The standard InChI is InChI=1S/C10H17N3O/c1-2-10-7-11-4-5-13(10)8-9-3-6-14-12-9/h3,6,10-11H,2,4-5,7-8H2,1H3. The van der Waals surface area contributed by atoms with Crippen LogP contribution in [0.15, 0.2) is 16.9 Å². The van der Waals surface area contributed by atoms with E-state index in [2.05, 4.69) is 22.3 Å². The maximum atomic E-state index is 4.83. The van der Waals surface area contributed by atoms with E-state index >= 15 is 0 Å². The smallest absolute Gasteiger partial charge is 0.124 e. The topological polar surface area (TPSA) is 41.3 Å². The van der Waals surface area contributed by atoms with Gasteiger partial charge >= 0.3 is 0 Å². The van der Waals surface area contributed by atoms with Crippen LogP contribution in [0, 0.1) is 0 Å². The molecule has 0 bridgehead atoms. The van der Waals surface area contributed by atoms with Crippen molar-refractivity contribution >= 4 is 0 Å². The van der Waals surface area contributed by atoms with E-state index in [1.165, 1.54) is 6.42 Å². The Kier molecular flexibility index (Phi) is 3.16. The Bertz CT molecular complexity index is 260. The van der Waals surface area contributed by atoms with E-state index in [0.29, 0.717) is 6.04 Å². The van der Waals surface area contributed by atoms with Crippen LogP contribution in [-0.2, 0) is 6.54 Å². The van der Waals surface area contributed by atoms with Gasteiger partial charge in [-0.1, -0.05) is 12.1 Å². The zero-order valence-corrected chi connectivity index (χ0v) is 8.57. The molecule has 2 heterocycles. The molecule has 0 radical (unpaired) electrons. The second-order valence-corrected chi connectivity index (χ2v) is 3.73. The van der Waals surface area contributed by atoms with E-state index < -0.39 is 0 Å². The molecule has 0 aromatic carbocycles. The Balaban J connectivity index is 1.94. The molecule has 1 saturated heterocycles. The first-order valence-corrected chi connectivity index (χ1v) is 5.24. The lowest BCUT2D eigenvalue weighted by atomic mass is 10.1. The van der Waals surface area contributed by atoms with E-state index in [1.54, 1.807) is 6.26 Å². The van der Waals surface area contributed by atoms with Gasteiger partial charge in [-0.25, -0.2) is 0 Å². The molecule has 78 valence electrons. The van der Waals surface area contributed by atoms with Crippen molar-refractivity contribution in [3.8, 4) is 0 Å². The number of aromatic nitrogens is 1. The molecule has 14 heavy (non-hydrogen) atoms. The fourth-order valence-electron chi connectivity index (χ4n) is 1.94. The maximum Gasteiger partial charge on any atom is 0.124 e. The van der Waals surface area contributed by atoms with Crippen LogP contribution in [0.1, 0.15) is 19.0 Å². The number of hydrogen-bond donors (Lipinski definition) is 1. The van der Waals surface area contributed by atoms with Gasteiger partial charge in [0.05, 0.1) is 5.69 Å². The van der Waals surface area contributed by atoms with Crippen molar-refractivity contribution in [3.05, 3.63) is 18.0 Å². The van der Waals surface area contributed by atoms with Crippen LogP contribution >= 0.6 is 0 Å². The number of nitrogens with zero attached hydrogens (tertiary/aromatic N) is 2. The normalized spacial score (nSPS) is 23.9. The molecule has 1 aromatic rings. The van der Waals surface area contributed by atoms with E-state index in [4.69, 9.17) is 4.52 Å². The largest absolute Gasteiger partial charge is 0.364 e. The van der Waals surface area contributed by atoms with Crippen molar-refractivity contribution < 1.29 is 4.52 Å². The summed E-state index contributed by atoms with van der Waals surface area (Å²) in [6.45, 7) is 6.41. The van der Waals surface area contributed by atoms with Gasteiger partial charge in [-0.05, 0) is 6.42 Å². The molecule has 1 aromatic heterocycles. The third-order valence-corrected chi connectivity index (χ3v) is 2.80. The van der Waals surface area contributed by atoms with Crippen LogP contribution in [0.3, 0.4) is 0 Å². The van der Waals surface area contributed by atoms with Crippen LogP contribution in [0.5, 0.6) is 0 Å². The van der Waals surface area contributed by atoms with E-state index in [-0.39, 0.29) is 0 Å². The van der Waals surface area contributed by atoms with Gasteiger partial charge in [-0.3, -0.25) is 4.90 Å². The van der Waals surface area contributed by atoms with Gasteiger partial charge in [0.1, 0.15) is 6.26 Å². The second kappa shape index (κ2) is 4.57. The Labute approximate surface area is 84.3 Å². The van der Waals surface area contributed by atoms with Gasteiger partial charge in [0, 0.05) is 38.3 Å². The predicted molar refractivity (Wildman–Crippen MR) is 53.9 cm³/mol. The number of nitrogens with one attached hydrogen (secondary N) is 1. The predicted octanol–water partition coefficient (Wildman–Crippen LogP) is 0.858. The average molecular weight is 195 g/mol. The zero-order valence-electron chi connectivity index (χ0n) is 8.57. The second-order valence-electron chi connectivity index (χ2n) is 3.73. The quantitative estimate of drug-likeness (QED) is 0.776. The Morgan fingerprint density at radius 1 is 1.71 bits per heavy atom. The van der Waals surface area contributed by atoms with Gasteiger partial charge < -0.3 is 9.84 Å². The molecule has 1 fully saturated rings. The molecule has 0 amide bonds. The highest BCUT2D eigenvalue weighted by Crippen LogP contribution is 2.10. The summed E-state index contributed by atoms with van der Waals surface area (Å²) in [5, 5.41) is 7.35. The first-order chi connectivity index (χ1) is 6.90. The Morgan fingerprint density at radius 3 is 3.36 bits per heavy atom. The zero-order chi connectivity index (χ0) is 9.80. The molecule has 1 unspecified atom stereocenters. The van der Waals surface area contributed by atoms with Crippen LogP contribution in [0.25, 0.3) is 0 Å². The average Bonchev–Trinajstić information content (AvgIpc) is 2.71. The molecule has 2 rings (SSSR count). The summed E-state index contributed by atoms with van der Waals surface area (Å²) >= 11 is 0. The summed E-state index contributed by atoms with van der Waals surface area (Å²) in [6.07, 6.45) is 2.82. The molecule has 0 aliphatic carbocycles. The van der Waals surface area contributed by atoms with E-state index in [0.717, 1.165) is 31.9 Å². The van der Waals surface area contributed by atoms with Crippen molar-refractivity contribution in [2.24, 2.45) is 0 Å². The van der Waals surface area contributed by atoms with Gasteiger partial charge in [0.25, 0.3) is 0 Å². The number of piperazine rings is 1. The van der Waals surface area contributed by atoms with Crippen LogP contribution in [0.4, 0.5) is 0 Å². The number of rotatable bonds is 3. The number of hydrogen-bond acceptors (Lipinski definition) is 4. The molecule has 1 aliphatic rings. The molecular formula is C10H17N3O. The third-order valence-electron chi connectivity index (χ3n) is 2.80. The SMILES string of the molecule is CCC1CNCCN1Cc1ccon1. The molecule has 0 spiro atoms. The summed E-state index contributed by atoms with van der Waals surface area (Å²) in [6, 6.07) is 2.58. The minimum absolute atomic E-state index is 0.639. The summed E-state index contributed by atoms with van der Waals surface area (Å²) in [7, 11) is 0. The van der Waals surface area contributed by atoms with Crippen molar-refractivity contribution in [2.75, 3.05) is 19.6 Å². The minimum atomic E-state index is 0.639. The van der Waals surface area contributed by atoms with Crippen molar-refractivity contribution in [3.63, 3.8) is 0 Å². The van der Waals surface area contributed by atoms with Crippen LogP contribution < -0.4 is 5.32 Å². The van der Waals surface area contributed by atoms with Crippen molar-refractivity contribution in [1.29, 1.82) is 0 Å². The fourth-order valence-corrected chi connectivity index (χ4v) is 1.94. The Hall–Kier alpha value is -0.870. The molecule has 0 saturated carbocycles. The molecule has 4 nitrogen and oxygen atoms in total. The van der Waals surface area contributed by atoms with Gasteiger partial charge in [0.15, 0.2) is 0 Å². The fraction of sp³-hybridized carbons (Fsp3) is 0.700. The summed E-state index contributed by atoms with van der Waals surface area (Å²) < 4.78 is 4.83. The molecule has 4 heteroatoms. The Morgan fingerprint density at radius 2 is 2.64 bits per heavy atom. The molecule has 1 aliphatic heterocycles. The summed E-state index contributed by atoms with van der Waals surface area (Å²) in [5.74, 6) is 0. The summed E-state index contributed by atoms with van der Waals surface area (Å²) in [5.41, 5.74) is 1.03. The highest BCUT2D eigenvalue weighted by Gasteiger charge is 2.20. The molecule has 1 atom stereocenters. The van der Waals surface area contributed by atoms with E-state index in [9.17, 15) is 0 Å². The van der Waals surface area contributed by atoms with Crippen LogP contribution in [0.2, 0.25) is 0 Å². The maximum absolute atomic E-state index is 4.83. The lowest BCUT2D eigenvalue weighted by Crippen LogP contribution is -2.50.